The quantitative estimate of drug-likeness (QED) is 0.667. The lowest BCUT2D eigenvalue weighted by molar-refractivity contribution is -0.145. The number of carbonyl (C=O) groups is 1. The van der Waals surface area contributed by atoms with E-state index in [4.69, 9.17) is 14.1 Å². The molecule has 6 nitrogen and oxygen atoms in total. The van der Waals surface area contributed by atoms with Crippen LogP contribution in [0.4, 0.5) is 0 Å². The van der Waals surface area contributed by atoms with Crippen molar-refractivity contribution in [2.24, 2.45) is 0 Å². The first-order valence-electron chi connectivity index (χ1n) is 7.38. The minimum Gasteiger partial charge on any atom is -0.466 e. The summed E-state index contributed by atoms with van der Waals surface area (Å²) in [6.07, 6.45) is 2.82. The van der Waals surface area contributed by atoms with Crippen LogP contribution >= 0.6 is 0 Å². The van der Waals surface area contributed by atoms with Gasteiger partial charge >= 0.3 is 13.1 Å². The van der Waals surface area contributed by atoms with Gasteiger partial charge in [0.25, 0.3) is 0 Å². The molecule has 0 saturated carbocycles. The third-order valence-electron chi connectivity index (χ3n) is 3.49. The van der Waals surface area contributed by atoms with E-state index in [0.717, 1.165) is 5.56 Å². The molecule has 0 radical (unpaired) electrons. The first-order chi connectivity index (χ1) is 11.2. The predicted octanol–water partition coefficient (Wildman–Crippen LogP) is 1.59. The molecule has 1 N–H and O–H groups in total. The number of aromatic nitrogens is 1. The van der Waals surface area contributed by atoms with Gasteiger partial charge in [0.15, 0.2) is 0 Å². The molecule has 0 bridgehead atoms. The Hall–Kier alpha value is -2.38. The maximum atomic E-state index is 11.6. The Morgan fingerprint density at radius 3 is 3.00 bits per heavy atom. The number of pyridine rings is 1. The van der Waals surface area contributed by atoms with Crippen molar-refractivity contribution in [2.45, 2.75) is 19.4 Å². The van der Waals surface area contributed by atoms with E-state index in [1.807, 2.05) is 0 Å². The zero-order valence-electron chi connectivity index (χ0n) is 12.6. The van der Waals surface area contributed by atoms with Gasteiger partial charge in [-0.2, -0.15) is 0 Å². The van der Waals surface area contributed by atoms with E-state index >= 15 is 0 Å². The van der Waals surface area contributed by atoms with Crippen LogP contribution in [0, 0.1) is 0 Å². The van der Waals surface area contributed by atoms with E-state index in [1.54, 1.807) is 49.6 Å². The van der Waals surface area contributed by atoms with Crippen LogP contribution in [0.2, 0.25) is 0 Å². The van der Waals surface area contributed by atoms with Gasteiger partial charge in [-0.1, -0.05) is 6.07 Å². The van der Waals surface area contributed by atoms with Crippen LogP contribution in [0.15, 0.2) is 42.7 Å². The van der Waals surface area contributed by atoms with Gasteiger partial charge in [0, 0.05) is 6.20 Å². The first-order valence-corrected chi connectivity index (χ1v) is 7.38. The van der Waals surface area contributed by atoms with Crippen LogP contribution in [0.1, 0.15) is 25.0 Å². The summed E-state index contributed by atoms with van der Waals surface area (Å²) in [5, 5.41) is 10.0. The Kier molecular flexibility index (Phi) is 4.59. The van der Waals surface area contributed by atoms with Crippen LogP contribution < -0.4 is 10.2 Å². The maximum Gasteiger partial charge on any atom is 0.492 e. The Labute approximate surface area is 134 Å². The van der Waals surface area contributed by atoms with Gasteiger partial charge in [-0.15, -0.1) is 0 Å². The summed E-state index contributed by atoms with van der Waals surface area (Å²) < 4.78 is 16.1. The summed E-state index contributed by atoms with van der Waals surface area (Å²) in [7, 11) is -1.08. The number of fused-ring (bicyclic) bond motifs is 1. The van der Waals surface area contributed by atoms with Crippen LogP contribution in [0.25, 0.3) is 0 Å². The topological polar surface area (TPSA) is 77.9 Å². The van der Waals surface area contributed by atoms with Crippen LogP contribution in [0.3, 0.4) is 0 Å². The van der Waals surface area contributed by atoms with Gasteiger partial charge in [-0.05, 0) is 42.2 Å². The molecular formula is C16H16BNO5. The number of carbonyl (C=O) groups excluding carboxylic acids is 1. The highest BCUT2D eigenvalue weighted by Gasteiger charge is 2.36. The second-order valence-corrected chi connectivity index (χ2v) is 5.07. The molecule has 118 valence electrons. The van der Waals surface area contributed by atoms with E-state index in [1.165, 1.54) is 0 Å². The van der Waals surface area contributed by atoms with E-state index in [-0.39, 0.29) is 12.4 Å². The standard InChI is InChI=1S/C16H16BNO5/c1-2-21-16(19)9-15-13-6-5-11(8-14(13)17(20)23-15)22-12-4-3-7-18-10-12/h3-8,10,15,20H,2,9H2,1H3. The molecule has 0 saturated heterocycles. The van der Waals surface area contributed by atoms with Crippen molar-refractivity contribution in [3.05, 3.63) is 48.3 Å². The van der Waals surface area contributed by atoms with E-state index in [9.17, 15) is 9.82 Å². The highest BCUT2D eigenvalue weighted by Crippen LogP contribution is 2.30. The van der Waals surface area contributed by atoms with Crippen molar-refractivity contribution < 1.29 is 23.9 Å². The summed E-state index contributed by atoms with van der Waals surface area (Å²) in [4.78, 5) is 15.6. The molecule has 1 aliphatic heterocycles. The molecule has 0 amide bonds. The SMILES string of the molecule is CCOC(=O)CC1OB(O)c2cc(Oc3cccnc3)ccc21. The van der Waals surface area contributed by atoms with Gasteiger partial charge in [0.05, 0.1) is 25.3 Å². The van der Waals surface area contributed by atoms with Gasteiger partial charge in [-0.3, -0.25) is 9.78 Å². The molecule has 23 heavy (non-hydrogen) atoms. The Balaban J connectivity index is 1.77. The van der Waals surface area contributed by atoms with Crippen LogP contribution in [-0.2, 0) is 14.2 Å². The first kappa shape index (κ1) is 15.5. The smallest absolute Gasteiger partial charge is 0.466 e. The van der Waals surface area contributed by atoms with E-state index < -0.39 is 13.2 Å². The summed E-state index contributed by atoms with van der Waals surface area (Å²) in [5.74, 6) is 0.813. The Morgan fingerprint density at radius 2 is 2.26 bits per heavy atom. The Morgan fingerprint density at radius 1 is 1.39 bits per heavy atom. The van der Waals surface area contributed by atoms with Crippen molar-refractivity contribution in [1.82, 2.24) is 4.98 Å². The zero-order valence-corrected chi connectivity index (χ0v) is 12.6. The second-order valence-electron chi connectivity index (χ2n) is 5.07. The molecule has 2 heterocycles. The normalized spacial score (nSPS) is 16.1. The highest BCUT2D eigenvalue weighted by molar-refractivity contribution is 6.61. The number of benzene rings is 1. The maximum absolute atomic E-state index is 11.6. The monoisotopic (exact) mass is 313 g/mol. The molecule has 1 atom stereocenters. The molecule has 1 aliphatic rings. The number of hydrogen-bond acceptors (Lipinski definition) is 6. The molecule has 7 heteroatoms. The van der Waals surface area contributed by atoms with Crippen LogP contribution in [-0.4, -0.2) is 29.7 Å². The van der Waals surface area contributed by atoms with E-state index in [0.29, 0.717) is 23.6 Å². The summed E-state index contributed by atoms with van der Waals surface area (Å²) in [5.41, 5.74) is 1.37. The third kappa shape index (κ3) is 3.52. The molecule has 1 aromatic carbocycles. The number of rotatable bonds is 5. The van der Waals surface area contributed by atoms with Gasteiger partial charge in [0.2, 0.25) is 0 Å². The highest BCUT2D eigenvalue weighted by atomic mass is 16.5. The largest absolute Gasteiger partial charge is 0.492 e. The van der Waals surface area contributed by atoms with E-state index in [2.05, 4.69) is 4.98 Å². The average molecular weight is 313 g/mol. The summed E-state index contributed by atoms with van der Waals surface area (Å²) in [6.45, 7) is 2.07. The summed E-state index contributed by atoms with van der Waals surface area (Å²) >= 11 is 0. The summed E-state index contributed by atoms with van der Waals surface area (Å²) in [6, 6.07) is 8.83. The van der Waals surface area contributed by atoms with Crippen LogP contribution in [0.5, 0.6) is 11.5 Å². The fraction of sp³-hybridized carbons (Fsp3) is 0.250. The fourth-order valence-corrected chi connectivity index (χ4v) is 2.50. The minimum atomic E-state index is -1.08. The number of nitrogens with zero attached hydrogens (tertiary/aromatic N) is 1. The Bertz CT molecular complexity index is 694. The molecule has 3 rings (SSSR count). The third-order valence-corrected chi connectivity index (χ3v) is 3.49. The van der Waals surface area contributed by atoms with Crippen molar-refractivity contribution in [3.63, 3.8) is 0 Å². The number of ether oxygens (including phenoxy) is 2. The predicted molar refractivity (Wildman–Crippen MR) is 83.4 cm³/mol. The number of esters is 1. The second kappa shape index (κ2) is 6.81. The fourth-order valence-electron chi connectivity index (χ4n) is 2.50. The molecule has 0 fully saturated rings. The van der Waals surface area contributed by atoms with Gasteiger partial charge in [-0.25, -0.2) is 0 Å². The molecule has 1 aromatic heterocycles. The minimum absolute atomic E-state index is 0.0701. The molecule has 0 spiro atoms. The molecule has 0 aliphatic carbocycles. The van der Waals surface area contributed by atoms with Gasteiger partial charge in [0.1, 0.15) is 11.5 Å². The lowest BCUT2D eigenvalue weighted by Crippen LogP contribution is -2.28. The zero-order chi connectivity index (χ0) is 16.2. The molecule has 2 aromatic rings. The van der Waals surface area contributed by atoms with Crippen molar-refractivity contribution in [1.29, 1.82) is 0 Å². The molecule has 1 unspecified atom stereocenters. The lowest BCUT2D eigenvalue weighted by atomic mass is 9.79. The van der Waals surface area contributed by atoms with Crippen molar-refractivity contribution >= 4 is 18.6 Å². The molecular weight excluding hydrogens is 297 g/mol. The van der Waals surface area contributed by atoms with Gasteiger partial charge < -0.3 is 19.2 Å². The lowest BCUT2D eigenvalue weighted by Gasteiger charge is -2.11. The average Bonchev–Trinajstić information content (AvgIpc) is 2.84. The number of hydrogen-bond donors (Lipinski definition) is 1. The van der Waals surface area contributed by atoms with Crippen molar-refractivity contribution in [2.75, 3.05) is 6.61 Å². The van der Waals surface area contributed by atoms with Crippen molar-refractivity contribution in [3.8, 4) is 11.5 Å².